The summed E-state index contributed by atoms with van der Waals surface area (Å²) < 4.78 is 25.6. The van der Waals surface area contributed by atoms with Crippen molar-refractivity contribution in [3.8, 4) is 0 Å². The maximum Gasteiger partial charge on any atom is 0.335 e. The van der Waals surface area contributed by atoms with Crippen LogP contribution in [0.4, 0.5) is 11.4 Å². The first kappa shape index (κ1) is 17.6. The van der Waals surface area contributed by atoms with Crippen molar-refractivity contribution in [3.63, 3.8) is 0 Å². The van der Waals surface area contributed by atoms with Gasteiger partial charge in [0.25, 0.3) is 5.91 Å². The molecule has 0 saturated carbocycles. The first-order valence-electron chi connectivity index (χ1n) is 7.38. The van der Waals surface area contributed by atoms with Crippen molar-refractivity contribution in [2.75, 3.05) is 17.8 Å². The Kier molecular flexibility index (Phi) is 4.45. The number of hydrogen-bond donors (Lipinski definition) is 4. The average molecular weight is 374 g/mol. The third-order valence-corrected chi connectivity index (χ3v) is 5.15. The number of hydrogen-bond acceptors (Lipinski definition) is 6. The normalized spacial score (nSPS) is 14.8. The molecule has 0 unspecified atom stereocenters. The molecule has 0 fully saturated rings. The van der Waals surface area contributed by atoms with Crippen LogP contribution in [0.5, 0.6) is 0 Å². The molecule has 1 aliphatic rings. The first-order valence-corrected chi connectivity index (χ1v) is 8.86. The van der Waals surface area contributed by atoms with Crippen molar-refractivity contribution < 1.29 is 23.1 Å². The Balaban J connectivity index is 1.87. The van der Waals surface area contributed by atoms with Crippen molar-refractivity contribution in [1.82, 2.24) is 4.72 Å². The molecule has 26 heavy (non-hydrogen) atoms. The number of carbonyl (C=O) groups is 2. The maximum absolute atomic E-state index is 12.0. The molecule has 0 radical (unpaired) electrons. The van der Waals surface area contributed by atoms with E-state index in [4.69, 9.17) is 5.11 Å². The Morgan fingerprint density at radius 3 is 2.46 bits per heavy atom. The second kappa shape index (κ2) is 6.58. The molecule has 0 spiro atoms. The molecule has 1 heterocycles. The number of benzene rings is 2. The molecule has 0 aliphatic carbocycles. The van der Waals surface area contributed by atoms with Crippen LogP contribution >= 0.6 is 0 Å². The summed E-state index contributed by atoms with van der Waals surface area (Å²) in [6.45, 7) is 0. The summed E-state index contributed by atoms with van der Waals surface area (Å²) in [4.78, 5) is 23.2. The summed E-state index contributed by atoms with van der Waals surface area (Å²) in [6, 6.07) is 10.0. The highest BCUT2D eigenvalue weighted by Crippen LogP contribution is 2.25. The molecule has 1 amide bonds. The average Bonchev–Trinajstić information content (AvgIpc) is 2.94. The minimum absolute atomic E-state index is 0.0366. The molecule has 0 aromatic heterocycles. The minimum Gasteiger partial charge on any atom is -0.478 e. The van der Waals surface area contributed by atoms with E-state index in [1.807, 2.05) is 0 Å². The fourth-order valence-electron chi connectivity index (χ4n) is 2.34. The Labute approximate surface area is 148 Å². The monoisotopic (exact) mass is 374 g/mol. The summed E-state index contributed by atoms with van der Waals surface area (Å²) in [5, 5.41) is 15.7. The largest absolute Gasteiger partial charge is 0.478 e. The highest BCUT2D eigenvalue weighted by molar-refractivity contribution is 7.89. The summed E-state index contributed by atoms with van der Waals surface area (Å²) in [5.74, 6) is -1.58. The zero-order valence-corrected chi connectivity index (χ0v) is 14.3. The van der Waals surface area contributed by atoms with E-state index in [1.165, 1.54) is 49.5 Å². The zero-order valence-electron chi connectivity index (χ0n) is 13.5. The van der Waals surface area contributed by atoms with Gasteiger partial charge in [0, 0.05) is 5.56 Å². The van der Waals surface area contributed by atoms with Crippen LogP contribution in [0.15, 0.2) is 52.5 Å². The predicted octanol–water partition coefficient (Wildman–Crippen LogP) is 1.06. The summed E-state index contributed by atoms with van der Waals surface area (Å²) in [5.41, 5.74) is 4.04. The molecular weight excluding hydrogens is 360 g/mol. The van der Waals surface area contributed by atoms with Crippen LogP contribution in [0.2, 0.25) is 0 Å². The summed E-state index contributed by atoms with van der Waals surface area (Å²) in [6.07, 6.45) is 0. The van der Waals surface area contributed by atoms with E-state index in [2.05, 4.69) is 20.6 Å². The van der Waals surface area contributed by atoms with E-state index in [0.717, 1.165) is 0 Å². The van der Waals surface area contributed by atoms with Crippen molar-refractivity contribution in [2.24, 2.45) is 5.10 Å². The van der Waals surface area contributed by atoms with Gasteiger partial charge in [-0.05, 0) is 49.5 Å². The summed E-state index contributed by atoms with van der Waals surface area (Å²) in [7, 11) is -2.23. The maximum atomic E-state index is 12.0. The number of sulfonamides is 1. The number of rotatable bonds is 5. The molecule has 4 N–H and O–H groups in total. The van der Waals surface area contributed by atoms with Gasteiger partial charge >= 0.3 is 5.97 Å². The molecule has 1 aliphatic heterocycles. The lowest BCUT2D eigenvalue weighted by Gasteiger charge is -2.05. The molecule has 2 aromatic rings. The second-order valence-electron chi connectivity index (χ2n) is 5.32. The van der Waals surface area contributed by atoms with E-state index >= 15 is 0 Å². The van der Waals surface area contributed by atoms with Crippen LogP contribution in [0, 0.1) is 0 Å². The highest BCUT2D eigenvalue weighted by atomic mass is 32.2. The number of anilines is 2. The number of nitrogens with one attached hydrogen (secondary N) is 3. The molecular formula is C16H14N4O5S. The molecule has 0 bridgehead atoms. The van der Waals surface area contributed by atoms with Crippen molar-refractivity contribution >= 4 is 39.0 Å². The van der Waals surface area contributed by atoms with E-state index < -0.39 is 21.9 Å². The number of amides is 1. The third kappa shape index (κ3) is 3.27. The van der Waals surface area contributed by atoms with Crippen LogP contribution in [0.1, 0.15) is 15.9 Å². The standard InChI is InChI=1S/C16H14N4O5S/c1-17-26(24,25)11-5-3-10(4-6-11)19-20-14-12-8-9(16(22)23)2-7-13(12)18-15(14)21/h2-8,17,19H,1H3,(H,22,23)(H,18,20,21). The van der Waals surface area contributed by atoms with Crippen LogP contribution in [-0.4, -0.2) is 38.2 Å². The smallest absolute Gasteiger partial charge is 0.335 e. The number of hydrazone groups is 1. The Morgan fingerprint density at radius 1 is 1.15 bits per heavy atom. The first-order chi connectivity index (χ1) is 12.3. The van der Waals surface area contributed by atoms with Gasteiger partial charge in [0.1, 0.15) is 0 Å². The number of fused-ring (bicyclic) bond motifs is 1. The molecule has 9 nitrogen and oxygen atoms in total. The fourth-order valence-corrected chi connectivity index (χ4v) is 3.07. The van der Waals surface area contributed by atoms with Gasteiger partial charge in [0.05, 0.1) is 21.8 Å². The van der Waals surface area contributed by atoms with Crippen molar-refractivity contribution in [3.05, 3.63) is 53.6 Å². The van der Waals surface area contributed by atoms with Gasteiger partial charge in [-0.25, -0.2) is 17.9 Å². The third-order valence-electron chi connectivity index (χ3n) is 3.72. The quantitative estimate of drug-likeness (QED) is 0.578. The highest BCUT2D eigenvalue weighted by Gasteiger charge is 2.27. The number of carboxylic acid groups (broad SMARTS) is 1. The van der Waals surface area contributed by atoms with Gasteiger partial charge in [-0.1, -0.05) is 0 Å². The van der Waals surface area contributed by atoms with Crippen LogP contribution in [0.3, 0.4) is 0 Å². The zero-order chi connectivity index (χ0) is 18.9. The Hall–Kier alpha value is -3.24. The number of carbonyl (C=O) groups excluding carboxylic acids is 1. The second-order valence-corrected chi connectivity index (χ2v) is 7.21. The molecule has 10 heteroatoms. The van der Waals surface area contributed by atoms with Gasteiger partial charge in [-0.2, -0.15) is 5.10 Å². The lowest BCUT2D eigenvalue weighted by atomic mass is 10.1. The fraction of sp³-hybridized carbons (Fsp3) is 0.0625. The van der Waals surface area contributed by atoms with E-state index in [0.29, 0.717) is 16.9 Å². The van der Waals surface area contributed by atoms with E-state index in [1.54, 1.807) is 0 Å². The minimum atomic E-state index is -3.54. The molecule has 3 rings (SSSR count). The number of carboxylic acids is 1. The van der Waals surface area contributed by atoms with Gasteiger partial charge in [-0.15, -0.1) is 0 Å². The van der Waals surface area contributed by atoms with E-state index in [-0.39, 0.29) is 16.2 Å². The topological polar surface area (TPSA) is 137 Å². The lowest BCUT2D eigenvalue weighted by Crippen LogP contribution is -2.18. The number of nitrogens with zero attached hydrogens (tertiary/aromatic N) is 1. The summed E-state index contributed by atoms with van der Waals surface area (Å²) >= 11 is 0. The molecule has 0 saturated heterocycles. The Bertz CT molecular complexity index is 1030. The van der Waals surface area contributed by atoms with Gasteiger partial charge in [0.15, 0.2) is 5.71 Å². The Morgan fingerprint density at radius 2 is 1.85 bits per heavy atom. The molecule has 134 valence electrons. The molecule has 2 aromatic carbocycles. The van der Waals surface area contributed by atoms with Crippen molar-refractivity contribution in [2.45, 2.75) is 4.90 Å². The van der Waals surface area contributed by atoms with Crippen LogP contribution in [-0.2, 0) is 14.8 Å². The van der Waals surface area contributed by atoms with Crippen LogP contribution < -0.4 is 15.5 Å². The SMILES string of the molecule is CNS(=O)(=O)c1ccc(NN=C2C(=O)Nc3ccc(C(=O)O)cc32)cc1. The van der Waals surface area contributed by atoms with Gasteiger partial charge < -0.3 is 10.4 Å². The number of aromatic carboxylic acids is 1. The van der Waals surface area contributed by atoms with E-state index in [9.17, 15) is 18.0 Å². The van der Waals surface area contributed by atoms with Crippen molar-refractivity contribution in [1.29, 1.82) is 0 Å². The lowest BCUT2D eigenvalue weighted by molar-refractivity contribution is -0.110. The predicted molar refractivity (Wildman–Crippen MR) is 94.9 cm³/mol. The van der Waals surface area contributed by atoms with Crippen LogP contribution in [0.25, 0.3) is 0 Å². The molecule has 0 atom stereocenters. The van der Waals surface area contributed by atoms with Gasteiger partial charge in [0.2, 0.25) is 10.0 Å². The van der Waals surface area contributed by atoms with Gasteiger partial charge in [-0.3, -0.25) is 10.2 Å².